The van der Waals surface area contributed by atoms with E-state index in [1.807, 2.05) is 0 Å². The molecule has 0 radical (unpaired) electrons. The zero-order valence-electron chi connectivity index (χ0n) is 12.2. The van der Waals surface area contributed by atoms with Gasteiger partial charge in [-0.15, -0.1) is 0 Å². The molecule has 7 heteroatoms. The highest BCUT2D eigenvalue weighted by molar-refractivity contribution is 6.31. The summed E-state index contributed by atoms with van der Waals surface area (Å²) in [7, 11) is 2.33. The van der Waals surface area contributed by atoms with Crippen LogP contribution in [0.15, 0.2) is 18.2 Å². The lowest BCUT2D eigenvalue weighted by Gasteiger charge is -2.27. The molecule has 0 atom stereocenters. The van der Waals surface area contributed by atoms with Gasteiger partial charge in [0.2, 0.25) is 11.5 Å². The molecule has 0 bridgehead atoms. The standard InChI is InChI=1S/C16H12O7/c1-22-15-10-9(13(20)16(23-2)14(15)21)11(18)6-4-3-5-7(17)8(6)12(10)19/h3-5,17,20-21H,1-2H3/p-1. The second-order valence-corrected chi connectivity index (χ2v) is 4.85. The summed E-state index contributed by atoms with van der Waals surface area (Å²) in [6, 6.07) is 3.98. The van der Waals surface area contributed by atoms with E-state index >= 15 is 0 Å². The minimum Gasteiger partial charge on any atom is -0.869 e. The number of ketones is 2. The van der Waals surface area contributed by atoms with Crippen molar-refractivity contribution in [1.82, 2.24) is 0 Å². The molecule has 23 heavy (non-hydrogen) atoms. The lowest BCUT2D eigenvalue weighted by Crippen LogP contribution is -2.24. The first kappa shape index (κ1) is 14.7. The van der Waals surface area contributed by atoms with Crippen molar-refractivity contribution in [1.29, 1.82) is 0 Å². The fourth-order valence-electron chi connectivity index (χ4n) is 2.72. The number of carbonyl (C=O) groups excluding carboxylic acids is 2. The summed E-state index contributed by atoms with van der Waals surface area (Å²) in [6.07, 6.45) is 0. The first-order valence-corrected chi connectivity index (χ1v) is 6.53. The maximum atomic E-state index is 12.7. The van der Waals surface area contributed by atoms with Crippen molar-refractivity contribution in [3.63, 3.8) is 0 Å². The predicted octanol–water partition coefficient (Wildman–Crippen LogP) is 0.964. The average molecular weight is 315 g/mol. The minimum absolute atomic E-state index is 0.0885. The van der Waals surface area contributed by atoms with Gasteiger partial charge in [-0.05, 0) is 11.8 Å². The van der Waals surface area contributed by atoms with E-state index in [0.29, 0.717) is 0 Å². The monoisotopic (exact) mass is 315 g/mol. The second-order valence-electron chi connectivity index (χ2n) is 4.85. The highest BCUT2D eigenvalue weighted by atomic mass is 16.5. The number of phenols is 2. The molecule has 1 aliphatic carbocycles. The van der Waals surface area contributed by atoms with Crippen LogP contribution in [0.2, 0.25) is 0 Å². The highest BCUT2D eigenvalue weighted by Gasteiger charge is 2.37. The molecule has 2 aromatic rings. The Kier molecular flexibility index (Phi) is 3.14. The van der Waals surface area contributed by atoms with E-state index in [9.17, 15) is 24.9 Å². The summed E-state index contributed by atoms with van der Waals surface area (Å²) >= 11 is 0. The summed E-state index contributed by atoms with van der Waals surface area (Å²) < 4.78 is 9.82. The SMILES string of the molecule is COc1c([O-])c2c(c(OC)c1O)C(=O)c1c(O)cccc1C2=O. The van der Waals surface area contributed by atoms with Crippen molar-refractivity contribution in [2.75, 3.05) is 14.2 Å². The van der Waals surface area contributed by atoms with Crippen LogP contribution in [0.1, 0.15) is 31.8 Å². The summed E-state index contributed by atoms with van der Waals surface area (Å²) in [5.74, 6) is -4.32. The number of hydrogen-bond donors (Lipinski definition) is 2. The average Bonchev–Trinajstić information content (AvgIpc) is 2.52. The van der Waals surface area contributed by atoms with Crippen LogP contribution >= 0.6 is 0 Å². The van der Waals surface area contributed by atoms with Gasteiger partial charge < -0.3 is 24.8 Å². The number of phenolic OH excluding ortho intramolecular Hbond substituents is 2. The third kappa shape index (κ3) is 1.76. The Hall–Kier alpha value is -3.22. The minimum atomic E-state index is -0.909. The Morgan fingerprint density at radius 1 is 0.913 bits per heavy atom. The third-order valence-corrected chi connectivity index (χ3v) is 3.72. The van der Waals surface area contributed by atoms with Crippen molar-refractivity contribution < 1.29 is 34.4 Å². The Morgan fingerprint density at radius 3 is 2.17 bits per heavy atom. The van der Waals surface area contributed by atoms with Crippen LogP contribution in [0, 0.1) is 0 Å². The Labute approximate surface area is 130 Å². The Morgan fingerprint density at radius 2 is 1.57 bits per heavy atom. The van der Waals surface area contributed by atoms with Crippen molar-refractivity contribution in [3.8, 4) is 28.7 Å². The van der Waals surface area contributed by atoms with Crippen LogP contribution in [-0.4, -0.2) is 36.0 Å². The lowest BCUT2D eigenvalue weighted by molar-refractivity contribution is -0.270. The van der Waals surface area contributed by atoms with Gasteiger partial charge in [0.05, 0.1) is 25.3 Å². The van der Waals surface area contributed by atoms with Gasteiger partial charge in [-0.25, -0.2) is 0 Å². The first-order chi connectivity index (χ1) is 10.9. The number of carbonyl (C=O) groups is 2. The molecule has 0 aliphatic heterocycles. The zero-order chi connectivity index (χ0) is 16.9. The molecule has 0 spiro atoms. The van der Waals surface area contributed by atoms with Gasteiger partial charge >= 0.3 is 0 Å². The predicted molar refractivity (Wildman–Crippen MR) is 75.6 cm³/mol. The smallest absolute Gasteiger partial charge is 0.202 e. The van der Waals surface area contributed by atoms with Crippen LogP contribution in [0.25, 0.3) is 0 Å². The normalized spacial score (nSPS) is 12.6. The van der Waals surface area contributed by atoms with E-state index in [-0.39, 0.29) is 22.4 Å². The van der Waals surface area contributed by atoms with E-state index < -0.39 is 40.1 Å². The topological polar surface area (TPSA) is 116 Å². The van der Waals surface area contributed by atoms with Crippen molar-refractivity contribution >= 4 is 11.6 Å². The number of aromatic hydroxyl groups is 2. The van der Waals surface area contributed by atoms with Crippen LogP contribution < -0.4 is 14.6 Å². The molecular formula is C16H11O7-. The molecule has 0 amide bonds. The molecular weight excluding hydrogens is 304 g/mol. The molecule has 3 rings (SSSR count). The number of methoxy groups -OCH3 is 2. The van der Waals surface area contributed by atoms with Crippen molar-refractivity contribution in [3.05, 3.63) is 40.5 Å². The quantitative estimate of drug-likeness (QED) is 0.723. The number of fused-ring (bicyclic) bond motifs is 2. The fraction of sp³-hybridized carbons (Fsp3) is 0.125. The molecule has 0 fully saturated rings. The molecule has 0 saturated heterocycles. The number of rotatable bonds is 2. The van der Waals surface area contributed by atoms with E-state index in [0.717, 1.165) is 7.11 Å². The molecule has 2 N–H and O–H groups in total. The van der Waals surface area contributed by atoms with Crippen molar-refractivity contribution in [2.24, 2.45) is 0 Å². The number of hydrogen-bond acceptors (Lipinski definition) is 7. The molecule has 1 aliphatic rings. The highest BCUT2D eigenvalue weighted by Crippen LogP contribution is 2.50. The Balaban J connectivity index is 2.47. The number of ether oxygens (including phenoxy) is 2. The molecule has 0 saturated carbocycles. The Bertz CT molecular complexity index is 867. The van der Waals surface area contributed by atoms with Crippen LogP contribution in [-0.2, 0) is 0 Å². The van der Waals surface area contributed by atoms with Crippen LogP contribution in [0.5, 0.6) is 28.7 Å². The van der Waals surface area contributed by atoms with Gasteiger partial charge in [-0.2, -0.15) is 0 Å². The molecule has 0 heterocycles. The van der Waals surface area contributed by atoms with E-state index in [1.165, 1.54) is 25.3 Å². The molecule has 7 nitrogen and oxygen atoms in total. The van der Waals surface area contributed by atoms with Crippen molar-refractivity contribution in [2.45, 2.75) is 0 Å². The van der Waals surface area contributed by atoms with Gasteiger partial charge in [0.15, 0.2) is 17.3 Å². The van der Waals surface area contributed by atoms with Gasteiger partial charge in [-0.3, -0.25) is 9.59 Å². The van der Waals surface area contributed by atoms with Crippen LogP contribution in [0.3, 0.4) is 0 Å². The first-order valence-electron chi connectivity index (χ1n) is 6.53. The van der Waals surface area contributed by atoms with Gasteiger partial charge in [-0.1, -0.05) is 12.1 Å². The van der Waals surface area contributed by atoms with E-state index in [1.54, 1.807) is 0 Å². The third-order valence-electron chi connectivity index (χ3n) is 3.72. The van der Waals surface area contributed by atoms with Gasteiger partial charge in [0.25, 0.3) is 0 Å². The summed E-state index contributed by atoms with van der Waals surface area (Å²) in [6.45, 7) is 0. The van der Waals surface area contributed by atoms with Gasteiger partial charge in [0, 0.05) is 11.1 Å². The maximum absolute atomic E-state index is 12.7. The maximum Gasteiger partial charge on any atom is 0.202 e. The largest absolute Gasteiger partial charge is 0.869 e. The molecule has 2 aromatic carbocycles. The van der Waals surface area contributed by atoms with Gasteiger partial charge in [0.1, 0.15) is 5.75 Å². The van der Waals surface area contributed by atoms with E-state index in [2.05, 4.69) is 0 Å². The molecule has 0 aromatic heterocycles. The van der Waals surface area contributed by atoms with Crippen LogP contribution in [0.4, 0.5) is 0 Å². The van der Waals surface area contributed by atoms with E-state index in [4.69, 9.17) is 9.47 Å². The molecule has 118 valence electrons. The fourth-order valence-corrected chi connectivity index (χ4v) is 2.72. The second kappa shape index (κ2) is 4.91. The summed E-state index contributed by atoms with van der Waals surface area (Å²) in [4.78, 5) is 25.3. The number of benzene rings is 2. The lowest BCUT2D eigenvalue weighted by atomic mass is 9.82. The summed E-state index contributed by atoms with van der Waals surface area (Å²) in [5.41, 5.74) is -1.14. The zero-order valence-corrected chi connectivity index (χ0v) is 12.2. The molecule has 0 unspecified atom stereocenters. The summed E-state index contributed by atoms with van der Waals surface area (Å²) in [5, 5.41) is 32.4.